The maximum atomic E-state index is 11.0. The van der Waals surface area contributed by atoms with Crippen LogP contribution in [0.25, 0.3) is 0 Å². The number of ether oxygens (including phenoxy) is 2. The SMILES string of the molecule is CCCCOCCCN=C(NCC)NCCCCCCC(=O)OC.I. The number of halogens is 1. The third kappa shape index (κ3) is 19.6. The van der Waals surface area contributed by atoms with E-state index in [2.05, 4.69) is 34.2 Å². The number of unbranched alkanes of at least 4 members (excludes halogenated alkanes) is 4. The third-order valence-electron chi connectivity index (χ3n) is 3.53. The fraction of sp³-hybridized carbons (Fsp3) is 0.889. The fourth-order valence-corrected chi connectivity index (χ4v) is 2.10. The van der Waals surface area contributed by atoms with Crippen molar-refractivity contribution >= 4 is 35.9 Å². The summed E-state index contributed by atoms with van der Waals surface area (Å²) in [7, 11) is 1.44. The van der Waals surface area contributed by atoms with E-state index in [0.29, 0.717) is 6.42 Å². The minimum Gasteiger partial charge on any atom is -0.469 e. The van der Waals surface area contributed by atoms with Crippen molar-refractivity contribution in [2.24, 2.45) is 4.99 Å². The molecule has 0 aromatic heterocycles. The molecule has 7 heteroatoms. The van der Waals surface area contributed by atoms with E-state index in [1.54, 1.807) is 0 Å². The average molecular weight is 471 g/mol. The summed E-state index contributed by atoms with van der Waals surface area (Å²) in [6, 6.07) is 0. The van der Waals surface area contributed by atoms with Crippen molar-refractivity contribution in [1.82, 2.24) is 10.6 Å². The van der Waals surface area contributed by atoms with Crippen molar-refractivity contribution in [1.29, 1.82) is 0 Å². The van der Waals surface area contributed by atoms with E-state index in [1.165, 1.54) is 13.5 Å². The van der Waals surface area contributed by atoms with E-state index in [4.69, 9.17) is 4.74 Å². The van der Waals surface area contributed by atoms with Crippen LogP contribution in [-0.2, 0) is 14.3 Å². The van der Waals surface area contributed by atoms with E-state index in [1.807, 2.05) is 0 Å². The van der Waals surface area contributed by atoms with Gasteiger partial charge in [0.15, 0.2) is 5.96 Å². The summed E-state index contributed by atoms with van der Waals surface area (Å²) in [5.41, 5.74) is 0. The second-order valence-corrected chi connectivity index (χ2v) is 5.75. The number of nitrogens with one attached hydrogen (secondary N) is 2. The zero-order valence-electron chi connectivity index (χ0n) is 16.3. The molecule has 0 spiro atoms. The fourth-order valence-electron chi connectivity index (χ4n) is 2.10. The Kier molecular flexibility index (Phi) is 22.9. The van der Waals surface area contributed by atoms with Crippen LogP contribution >= 0.6 is 24.0 Å². The molecule has 0 aromatic carbocycles. The molecule has 0 aliphatic heterocycles. The minimum absolute atomic E-state index is 0. The summed E-state index contributed by atoms with van der Waals surface area (Å²) in [4.78, 5) is 15.5. The Morgan fingerprint density at radius 2 is 1.68 bits per heavy atom. The lowest BCUT2D eigenvalue weighted by atomic mass is 10.1. The van der Waals surface area contributed by atoms with Crippen LogP contribution in [0.2, 0.25) is 0 Å². The first-order chi connectivity index (χ1) is 11.7. The Balaban J connectivity index is 0. The number of esters is 1. The van der Waals surface area contributed by atoms with Gasteiger partial charge in [0, 0.05) is 39.3 Å². The standard InChI is InChI=1S/C18H37N3O3.HI/c1-4-6-15-24-16-11-14-21-18(19-5-2)20-13-10-8-7-9-12-17(22)23-3;/h4-16H2,1-3H3,(H2,19,20,21);1H. The second kappa shape index (κ2) is 21.5. The van der Waals surface area contributed by atoms with E-state index < -0.39 is 0 Å². The maximum absolute atomic E-state index is 11.0. The third-order valence-corrected chi connectivity index (χ3v) is 3.53. The first kappa shape index (κ1) is 26.7. The largest absolute Gasteiger partial charge is 0.469 e. The normalized spacial score (nSPS) is 10.9. The molecule has 0 amide bonds. The first-order valence-electron chi connectivity index (χ1n) is 9.41. The van der Waals surface area contributed by atoms with Gasteiger partial charge in [-0.3, -0.25) is 9.79 Å². The molecular formula is C18H38IN3O3. The average Bonchev–Trinajstić information content (AvgIpc) is 2.59. The van der Waals surface area contributed by atoms with Crippen LogP contribution in [0.15, 0.2) is 4.99 Å². The number of carbonyl (C=O) groups excluding carboxylic acids is 1. The van der Waals surface area contributed by atoms with Gasteiger partial charge in [0.1, 0.15) is 0 Å². The van der Waals surface area contributed by atoms with Crippen LogP contribution in [0, 0.1) is 0 Å². The topological polar surface area (TPSA) is 72.0 Å². The number of carbonyl (C=O) groups is 1. The zero-order valence-corrected chi connectivity index (χ0v) is 18.6. The maximum Gasteiger partial charge on any atom is 0.305 e. The molecule has 0 saturated carbocycles. The molecule has 2 N–H and O–H groups in total. The Bertz CT molecular complexity index is 329. The van der Waals surface area contributed by atoms with Crippen LogP contribution in [0.4, 0.5) is 0 Å². The van der Waals surface area contributed by atoms with E-state index >= 15 is 0 Å². The van der Waals surface area contributed by atoms with Crippen LogP contribution in [0.5, 0.6) is 0 Å². The number of nitrogens with zero attached hydrogens (tertiary/aromatic N) is 1. The molecule has 0 unspecified atom stereocenters. The van der Waals surface area contributed by atoms with Gasteiger partial charge in [-0.05, 0) is 32.6 Å². The van der Waals surface area contributed by atoms with Crippen molar-refractivity contribution in [2.45, 2.75) is 65.2 Å². The van der Waals surface area contributed by atoms with Crippen LogP contribution < -0.4 is 10.6 Å². The molecule has 0 saturated heterocycles. The predicted molar refractivity (Wildman–Crippen MR) is 115 cm³/mol. The van der Waals surface area contributed by atoms with E-state index in [0.717, 1.165) is 77.3 Å². The van der Waals surface area contributed by atoms with Gasteiger partial charge in [0.2, 0.25) is 0 Å². The highest BCUT2D eigenvalue weighted by Gasteiger charge is 2.00. The zero-order chi connectivity index (χ0) is 17.9. The summed E-state index contributed by atoms with van der Waals surface area (Å²) >= 11 is 0. The van der Waals surface area contributed by atoms with Crippen LogP contribution in [-0.4, -0.2) is 51.9 Å². The van der Waals surface area contributed by atoms with Gasteiger partial charge >= 0.3 is 5.97 Å². The monoisotopic (exact) mass is 471 g/mol. The summed E-state index contributed by atoms with van der Waals surface area (Å²) in [6.45, 7) is 8.41. The molecule has 6 nitrogen and oxygen atoms in total. The molecule has 0 rings (SSSR count). The smallest absolute Gasteiger partial charge is 0.305 e. The molecule has 0 atom stereocenters. The summed E-state index contributed by atoms with van der Waals surface area (Å²) < 4.78 is 10.2. The lowest BCUT2D eigenvalue weighted by molar-refractivity contribution is -0.140. The number of rotatable bonds is 15. The Labute approximate surface area is 170 Å². The van der Waals surface area contributed by atoms with Crippen molar-refractivity contribution in [2.75, 3.05) is 40.0 Å². The highest BCUT2D eigenvalue weighted by atomic mass is 127. The molecule has 0 bridgehead atoms. The molecule has 0 radical (unpaired) electrons. The van der Waals surface area contributed by atoms with Crippen LogP contribution in [0.3, 0.4) is 0 Å². The van der Waals surface area contributed by atoms with Crippen molar-refractivity contribution < 1.29 is 14.3 Å². The Morgan fingerprint density at radius 3 is 2.36 bits per heavy atom. The molecule has 25 heavy (non-hydrogen) atoms. The molecule has 0 aliphatic rings. The molecule has 150 valence electrons. The lowest BCUT2D eigenvalue weighted by Gasteiger charge is -2.11. The van der Waals surface area contributed by atoms with Gasteiger partial charge in [-0.1, -0.05) is 26.2 Å². The van der Waals surface area contributed by atoms with Crippen molar-refractivity contribution in [3.8, 4) is 0 Å². The molecule has 0 heterocycles. The predicted octanol–water partition coefficient (Wildman–Crippen LogP) is 3.49. The molecule has 0 aromatic rings. The summed E-state index contributed by atoms with van der Waals surface area (Å²) in [6.07, 6.45) is 7.92. The van der Waals surface area contributed by atoms with E-state index in [9.17, 15) is 4.79 Å². The molecule has 0 aliphatic carbocycles. The number of hydrogen-bond donors (Lipinski definition) is 2. The molecule has 0 fully saturated rings. The Morgan fingerprint density at radius 1 is 0.960 bits per heavy atom. The van der Waals surface area contributed by atoms with Gasteiger partial charge in [-0.2, -0.15) is 0 Å². The van der Waals surface area contributed by atoms with Crippen molar-refractivity contribution in [3.05, 3.63) is 0 Å². The van der Waals surface area contributed by atoms with Gasteiger partial charge in [0.05, 0.1) is 7.11 Å². The van der Waals surface area contributed by atoms with Gasteiger partial charge < -0.3 is 20.1 Å². The lowest BCUT2D eigenvalue weighted by Crippen LogP contribution is -2.37. The van der Waals surface area contributed by atoms with Gasteiger partial charge in [-0.25, -0.2) is 0 Å². The first-order valence-corrected chi connectivity index (χ1v) is 9.41. The number of aliphatic imine (C=N–C) groups is 1. The van der Waals surface area contributed by atoms with Crippen molar-refractivity contribution in [3.63, 3.8) is 0 Å². The minimum atomic E-state index is -0.117. The number of methoxy groups -OCH3 is 1. The number of guanidine groups is 1. The summed E-state index contributed by atoms with van der Waals surface area (Å²) in [5, 5.41) is 6.60. The van der Waals surface area contributed by atoms with E-state index in [-0.39, 0.29) is 29.9 Å². The molecular weight excluding hydrogens is 433 g/mol. The highest BCUT2D eigenvalue weighted by Crippen LogP contribution is 2.03. The van der Waals surface area contributed by atoms with Gasteiger partial charge in [0.25, 0.3) is 0 Å². The second-order valence-electron chi connectivity index (χ2n) is 5.75. The number of hydrogen-bond acceptors (Lipinski definition) is 4. The summed E-state index contributed by atoms with van der Waals surface area (Å²) in [5.74, 6) is 0.758. The van der Waals surface area contributed by atoms with Crippen LogP contribution in [0.1, 0.15) is 65.2 Å². The van der Waals surface area contributed by atoms with Gasteiger partial charge in [-0.15, -0.1) is 24.0 Å². The Hall–Kier alpha value is -0.570. The highest BCUT2D eigenvalue weighted by molar-refractivity contribution is 14.0. The quantitative estimate of drug-likeness (QED) is 0.126.